The van der Waals surface area contributed by atoms with Crippen LogP contribution in [0.2, 0.25) is 5.02 Å². The molecule has 1 aromatic carbocycles. The zero-order valence-electron chi connectivity index (χ0n) is 17.2. The molecule has 0 bridgehead atoms. The van der Waals surface area contributed by atoms with Gasteiger partial charge in [0.2, 0.25) is 0 Å². The topological polar surface area (TPSA) is 65.4 Å². The van der Waals surface area contributed by atoms with Crippen molar-refractivity contribution in [2.75, 3.05) is 11.6 Å². The number of hydrogen-bond donors (Lipinski definition) is 2. The number of hydrazine groups is 2. The van der Waals surface area contributed by atoms with E-state index in [-0.39, 0.29) is 11.6 Å². The SMILES string of the molecule is CC(C)n1ccc(N2NNC3=C2CCN(C(=O)c2cccc(C(F)(F)F)c2Cl)[C@H]3C)n1. The van der Waals surface area contributed by atoms with E-state index >= 15 is 0 Å². The fourth-order valence-electron chi connectivity index (χ4n) is 3.82. The summed E-state index contributed by atoms with van der Waals surface area (Å²) in [6.45, 7) is 6.21. The summed E-state index contributed by atoms with van der Waals surface area (Å²) >= 11 is 5.97. The van der Waals surface area contributed by atoms with E-state index in [4.69, 9.17) is 11.6 Å². The van der Waals surface area contributed by atoms with Gasteiger partial charge in [-0.05, 0) is 32.9 Å². The van der Waals surface area contributed by atoms with Gasteiger partial charge in [0.15, 0.2) is 5.82 Å². The van der Waals surface area contributed by atoms with Crippen LogP contribution in [0.4, 0.5) is 19.0 Å². The van der Waals surface area contributed by atoms with E-state index in [2.05, 4.69) is 16.1 Å². The Kier molecular flexibility index (Phi) is 5.38. The molecule has 2 N–H and O–H groups in total. The average Bonchev–Trinajstić information content (AvgIpc) is 3.34. The number of halogens is 4. The van der Waals surface area contributed by atoms with E-state index < -0.39 is 28.7 Å². The summed E-state index contributed by atoms with van der Waals surface area (Å²) in [6.07, 6.45) is -2.25. The monoisotopic (exact) mass is 454 g/mol. The number of carbonyl (C=O) groups excluding carboxylic acids is 1. The Bertz CT molecular complexity index is 1050. The van der Waals surface area contributed by atoms with Gasteiger partial charge in [0, 0.05) is 31.3 Å². The predicted octanol–water partition coefficient (Wildman–Crippen LogP) is 4.11. The molecule has 7 nitrogen and oxygen atoms in total. The minimum atomic E-state index is -4.63. The number of carbonyl (C=O) groups is 1. The van der Waals surface area contributed by atoms with Crippen LogP contribution in [-0.4, -0.2) is 33.2 Å². The molecule has 2 aliphatic heterocycles. The summed E-state index contributed by atoms with van der Waals surface area (Å²) < 4.78 is 41.4. The van der Waals surface area contributed by atoms with E-state index in [1.165, 1.54) is 17.0 Å². The van der Waals surface area contributed by atoms with Crippen LogP contribution in [0.15, 0.2) is 41.9 Å². The van der Waals surface area contributed by atoms with Gasteiger partial charge in [0.1, 0.15) is 0 Å². The lowest BCUT2D eigenvalue weighted by atomic mass is 10.0. The van der Waals surface area contributed by atoms with E-state index in [0.717, 1.165) is 17.5 Å². The van der Waals surface area contributed by atoms with Crippen LogP contribution in [0.25, 0.3) is 0 Å². The molecule has 0 saturated heterocycles. The Morgan fingerprint density at radius 2 is 2.03 bits per heavy atom. The van der Waals surface area contributed by atoms with Gasteiger partial charge in [0.05, 0.1) is 33.6 Å². The number of anilines is 1. The molecule has 31 heavy (non-hydrogen) atoms. The van der Waals surface area contributed by atoms with Crippen molar-refractivity contribution in [2.45, 2.75) is 45.5 Å². The van der Waals surface area contributed by atoms with Crippen LogP contribution >= 0.6 is 11.6 Å². The summed E-state index contributed by atoms with van der Waals surface area (Å²) in [6, 6.07) is 5.09. The highest BCUT2D eigenvalue weighted by atomic mass is 35.5. The Morgan fingerprint density at radius 3 is 2.68 bits per heavy atom. The van der Waals surface area contributed by atoms with E-state index in [1.54, 1.807) is 0 Å². The maximum atomic E-state index is 13.2. The van der Waals surface area contributed by atoms with Crippen LogP contribution in [0.3, 0.4) is 0 Å². The first-order valence-corrected chi connectivity index (χ1v) is 10.2. The standard InChI is InChI=1S/C20H22ClF3N6O/c1-11(2)29-10-8-16(26-29)30-15-7-9-28(12(3)18(15)25-27-30)19(31)13-5-4-6-14(17(13)21)20(22,23)24/h4-6,8,10-12,25,27H,7,9H2,1-3H3/t12-/m0/s1. The van der Waals surface area contributed by atoms with E-state index in [0.29, 0.717) is 18.8 Å². The van der Waals surface area contributed by atoms with Gasteiger partial charge in [-0.1, -0.05) is 17.7 Å². The molecular formula is C20H22ClF3N6O. The third kappa shape index (κ3) is 3.74. The van der Waals surface area contributed by atoms with Crippen LogP contribution in [0.1, 0.15) is 49.2 Å². The number of rotatable bonds is 3. The molecule has 3 heterocycles. The minimum absolute atomic E-state index is 0.161. The van der Waals surface area contributed by atoms with E-state index in [1.807, 2.05) is 42.7 Å². The van der Waals surface area contributed by atoms with Crippen molar-refractivity contribution in [1.82, 2.24) is 25.6 Å². The summed E-state index contributed by atoms with van der Waals surface area (Å²) in [4.78, 5) is 14.6. The van der Waals surface area contributed by atoms with Gasteiger partial charge in [-0.15, -0.1) is 5.53 Å². The number of benzene rings is 1. The summed E-state index contributed by atoms with van der Waals surface area (Å²) in [5, 5.41) is 5.80. The molecule has 1 aromatic heterocycles. The van der Waals surface area contributed by atoms with Gasteiger partial charge >= 0.3 is 6.18 Å². The molecule has 1 amide bonds. The Labute approximate surface area is 182 Å². The van der Waals surface area contributed by atoms with Crippen molar-refractivity contribution >= 4 is 23.3 Å². The Hall–Kier alpha value is -2.72. The second-order valence-corrected chi connectivity index (χ2v) is 8.15. The maximum absolute atomic E-state index is 13.2. The molecule has 0 unspecified atom stereocenters. The van der Waals surface area contributed by atoms with Crippen molar-refractivity contribution in [3.63, 3.8) is 0 Å². The van der Waals surface area contributed by atoms with Crippen molar-refractivity contribution in [2.24, 2.45) is 0 Å². The van der Waals surface area contributed by atoms with Crippen LogP contribution in [-0.2, 0) is 6.18 Å². The van der Waals surface area contributed by atoms with Crippen molar-refractivity contribution in [3.05, 3.63) is 58.0 Å². The van der Waals surface area contributed by atoms with Crippen molar-refractivity contribution < 1.29 is 18.0 Å². The number of nitrogens with zero attached hydrogens (tertiary/aromatic N) is 4. The third-order valence-corrected chi connectivity index (χ3v) is 5.91. The first kappa shape index (κ1) is 21.5. The van der Waals surface area contributed by atoms with Crippen LogP contribution in [0, 0.1) is 0 Å². The smallest absolute Gasteiger partial charge is 0.330 e. The summed E-state index contributed by atoms with van der Waals surface area (Å²) in [7, 11) is 0. The molecule has 0 radical (unpaired) electrons. The lowest BCUT2D eigenvalue weighted by Gasteiger charge is -2.35. The summed E-state index contributed by atoms with van der Waals surface area (Å²) in [5.41, 5.74) is 6.66. The highest BCUT2D eigenvalue weighted by Crippen LogP contribution is 2.37. The van der Waals surface area contributed by atoms with Gasteiger partial charge in [-0.3, -0.25) is 9.48 Å². The second kappa shape index (κ2) is 7.76. The highest BCUT2D eigenvalue weighted by molar-refractivity contribution is 6.34. The quantitative estimate of drug-likeness (QED) is 0.730. The zero-order chi connectivity index (χ0) is 22.5. The number of amides is 1. The highest BCUT2D eigenvalue weighted by Gasteiger charge is 2.39. The van der Waals surface area contributed by atoms with Gasteiger partial charge < -0.3 is 10.3 Å². The van der Waals surface area contributed by atoms with Crippen molar-refractivity contribution in [3.8, 4) is 0 Å². The molecule has 1 atom stereocenters. The molecular weight excluding hydrogens is 433 g/mol. The molecule has 0 saturated carbocycles. The predicted molar refractivity (Wildman–Crippen MR) is 110 cm³/mol. The molecule has 11 heteroatoms. The molecule has 0 fully saturated rings. The molecule has 0 aliphatic carbocycles. The van der Waals surface area contributed by atoms with Gasteiger partial charge in [-0.25, -0.2) is 5.01 Å². The Balaban J connectivity index is 1.60. The second-order valence-electron chi connectivity index (χ2n) is 7.77. The number of alkyl halides is 3. The average molecular weight is 455 g/mol. The van der Waals surface area contributed by atoms with Gasteiger partial charge in [0.25, 0.3) is 5.91 Å². The number of nitrogens with one attached hydrogen (secondary N) is 2. The number of hydrogen-bond acceptors (Lipinski definition) is 5. The lowest BCUT2D eigenvalue weighted by molar-refractivity contribution is -0.137. The third-order valence-electron chi connectivity index (χ3n) is 5.51. The normalized spacial score (nSPS) is 19.2. The Morgan fingerprint density at radius 1 is 1.29 bits per heavy atom. The number of aromatic nitrogens is 2. The molecule has 4 rings (SSSR count). The molecule has 2 aromatic rings. The first-order valence-electron chi connectivity index (χ1n) is 9.86. The zero-order valence-corrected chi connectivity index (χ0v) is 17.9. The lowest BCUT2D eigenvalue weighted by Crippen LogP contribution is -2.46. The first-order chi connectivity index (χ1) is 14.6. The minimum Gasteiger partial charge on any atom is -0.330 e. The molecule has 0 spiro atoms. The van der Waals surface area contributed by atoms with E-state index in [9.17, 15) is 18.0 Å². The van der Waals surface area contributed by atoms with Crippen LogP contribution in [0.5, 0.6) is 0 Å². The molecule has 2 aliphatic rings. The fraction of sp³-hybridized carbons (Fsp3) is 0.400. The fourth-order valence-corrected chi connectivity index (χ4v) is 4.14. The maximum Gasteiger partial charge on any atom is 0.417 e. The van der Waals surface area contributed by atoms with Crippen molar-refractivity contribution in [1.29, 1.82) is 0 Å². The van der Waals surface area contributed by atoms with Gasteiger partial charge in [-0.2, -0.15) is 18.3 Å². The largest absolute Gasteiger partial charge is 0.417 e. The molecule has 166 valence electrons. The van der Waals surface area contributed by atoms with Crippen LogP contribution < -0.4 is 16.0 Å². The summed E-state index contributed by atoms with van der Waals surface area (Å²) in [5.74, 6) is 0.165.